The minimum Gasteiger partial charge on any atom is -0.377 e. The molecule has 1 unspecified atom stereocenters. The van der Waals surface area contributed by atoms with Gasteiger partial charge in [0.1, 0.15) is 6.04 Å². The lowest BCUT2D eigenvalue weighted by Gasteiger charge is -2.36. The van der Waals surface area contributed by atoms with Crippen LogP contribution in [0.25, 0.3) is 0 Å². The van der Waals surface area contributed by atoms with Crippen molar-refractivity contribution in [1.82, 2.24) is 15.5 Å². The van der Waals surface area contributed by atoms with Crippen LogP contribution in [0.3, 0.4) is 0 Å². The minimum absolute atomic E-state index is 0.0546. The Labute approximate surface area is 123 Å². The van der Waals surface area contributed by atoms with E-state index < -0.39 is 0 Å². The summed E-state index contributed by atoms with van der Waals surface area (Å²) >= 11 is 5.98. The second-order valence-electron chi connectivity index (χ2n) is 4.74. The molecule has 1 fully saturated rings. The van der Waals surface area contributed by atoms with Crippen molar-refractivity contribution < 1.29 is 9.53 Å². The van der Waals surface area contributed by atoms with Crippen molar-refractivity contribution in [2.24, 2.45) is 0 Å². The number of anilines is 1. The number of nitrogens with zero attached hydrogens (tertiary/aromatic N) is 3. The maximum atomic E-state index is 12.1. The number of aromatic nitrogens is 2. The molecule has 0 aromatic carbocycles. The summed E-state index contributed by atoms with van der Waals surface area (Å²) < 4.78 is 5.42. The highest BCUT2D eigenvalue weighted by atomic mass is 35.5. The third kappa shape index (κ3) is 2.86. The highest BCUT2D eigenvalue weighted by molar-refractivity contribution is 6.30. The van der Waals surface area contributed by atoms with Gasteiger partial charge in [-0.1, -0.05) is 11.6 Å². The van der Waals surface area contributed by atoms with Crippen LogP contribution >= 0.6 is 11.6 Å². The molecule has 2 heterocycles. The van der Waals surface area contributed by atoms with E-state index in [0.29, 0.717) is 37.3 Å². The summed E-state index contributed by atoms with van der Waals surface area (Å²) in [5.74, 6) is 0.646. The maximum absolute atomic E-state index is 12.1. The number of halogens is 1. The number of likely N-dealkylation sites (N-methyl/N-ethyl adjacent to an activating group) is 1. The standard InChI is InChI=1S/C13H19ClN4O2/c1-4-15-13(19)10-7-20-6-5-18(10)12-9(3)8(2)11(14)16-17-12/h10H,4-7H2,1-3H3,(H,15,19). The molecule has 1 amide bonds. The van der Waals surface area contributed by atoms with Gasteiger partial charge in [-0.3, -0.25) is 4.79 Å². The van der Waals surface area contributed by atoms with Gasteiger partial charge in [0.05, 0.1) is 13.2 Å². The van der Waals surface area contributed by atoms with Gasteiger partial charge in [-0.25, -0.2) is 0 Å². The molecule has 1 aromatic rings. The molecule has 0 saturated carbocycles. The summed E-state index contributed by atoms with van der Waals surface area (Å²) in [6, 6.07) is -0.378. The Hall–Kier alpha value is -1.40. The Morgan fingerprint density at radius 1 is 1.45 bits per heavy atom. The van der Waals surface area contributed by atoms with Crippen molar-refractivity contribution in [3.63, 3.8) is 0 Å². The molecule has 1 aliphatic heterocycles. The van der Waals surface area contributed by atoms with E-state index in [-0.39, 0.29) is 11.9 Å². The fourth-order valence-corrected chi connectivity index (χ4v) is 2.38. The van der Waals surface area contributed by atoms with E-state index in [1.54, 1.807) is 0 Å². The highest BCUT2D eigenvalue weighted by Gasteiger charge is 2.31. The Balaban J connectivity index is 2.33. The number of carbonyl (C=O) groups is 1. The molecule has 1 N–H and O–H groups in total. The largest absolute Gasteiger partial charge is 0.377 e. The topological polar surface area (TPSA) is 67.3 Å². The summed E-state index contributed by atoms with van der Waals surface area (Å²) in [6.07, 6.45) is 0. The SMILES string of the molecule is CCNC(=O)C1COCCN1c1nnc(Cl)c(C)c1C. The van der Waals surface area contributed by atoms with E-state index in [1.165, 1.54) is 0 Å². The molecule has 0 spiro atoms. The molecule has 0 bridgehead atoms. The normalized spacial score (nSPS) is 19.0. The molecule has 20 heavy (non-hydrogen) atoms. The van der Waals surface area contributed by atoms with Crippen molar-refractivity contribution in [2.45, 2.75) is 26.8 Å². The molecule has 110 valence electrons. The van der Waals surface area contributed by atoms with Crippen LogP contribution in [-0.2, 0) is 9.53 Å². The first kappa shape index (κ1) is 15.0. The third-order valence-electron chi connectivity index (χ3n) is 3.49. The van der Waals surface area contributed by atoms with Gasteiger partial charge in [-0.2, -0.15) is 0 Å². The lowest BCUT2D eigenvalue weighted by atomic mass is 10.1. The number of carbonyl (C=O) groups excluding carboxylic acids is 1. The third-order valence-corrected chi connectivity index (χ3v) is 3.85. The number of ether oxygens (including phenoxy) is 1. The van der Waals surface area contributed by atoms with E-state index in [9.17, 15) is 4.79 Å². The van der Waals surface area contributed by atoms with Crippen LogP contribution in [0.4, 0.5) is 5.82 Å². The first-order chi connectivity index (χ1) is 9.56. The van der Waals surface area contributed by atoms with Crippen molar-refractivity contribution in [3.05, 3.63) is 16.3 Å². The molecule has 0 radical (unpaired) electrons. The van der Waals surface area contributed by atoms with E-state index in [2.05, 4.69) is 15.5 Å². The Kier molecular flexibility index (Phi) is 4.77. The van der Waals surface area contributed by atoms with E-state index in [1.807, 2.05) is 25.7 Å². The summed E-state index contributed by atoms with van der Waals surface area (Å²) in [6.45, 7) is 7.86. The summed E-state index contributed by atoms with van der Waals surface area (Å²) in [5, 5.41) is 11.3. The number of morpholine rings is 1. The smallest absolute Gasteiger partial charge is 0.245 e. The van der Waals surface area contributed by atoms with Gasteiger partial charge in [0, 0.05) is 13.1 Å². The maximum Gasteiger partial charge on any atom is 0.245 e. The number of hydrogen-bond donors (Lipinski definition) is 1. The number of amides is 1. The lowest BCUT2D eigenvalue weighted by molar-refractivity contribution is -0.124. The lowest BCUT2D eigenvalue weighted by Crippen LogP contribution is -2.54. The van der Waals surface area contributed by atoms with Crippen LogP contribution in [0.5, 0.6) is 0 Å². The molecule has 6 nitrogen and oxygen atoms in total. The Morgan fingerprint density at radius 3 is 2.90 bits per heavy atom. The van der Waals surface area contributed by atoms with Crippen LogP contribution in [0.1, 0.15) is 18.1 Å². The van der Waals surface area contributed by atoms with Crippen LogP contribution in [-0.4, -0.2) is 48.4 Å². The van der Waals surface area contributed by atoms with Gasteiger partial charge in [-0.15, -0.1) is 10.2 Å². The minimum atomic E-state index is -0.378. The van der Waals surface area contributed by atoms with Crippen molar-refractivity contribution in [3.8, 4) is 0 Å². The molecular formula is C13H19ClN4O2. The van der Waals surface area contributed by atoms with E-state index in [4.69, 9.17) is 16.3 Å². The van der Waals surface area contributed by atoms with E-state index >= 15 is 0 Å². The summed E-state index contributed by atoms with van der Waals surface area (Å²) in [7, 11) is 0. The zero-order valence-electron chi connectivity index (χ0n) is 11.9. The summed E-state index contributed by atoms with van der Waals surface area (Å²) in [5.41, 5.74) is 1.83. The number of rotatable bonds is 3. The van der Waals surface area contributed by atoms with Crippen LogP contribution in [0.15, 0.2) is 0 Å². The highest BCUT2D eigenvalue weighted by Crippen LogP contribution is 2.26. The van der Waals surface area contributed by atoms with Gasteiger partial charge in [0.2, 0.25) is 5.91 Å². The first-order valence-corrected chi connectivity index (χ1v) is 7.05. The predicted molar refractivity (Wildman–Crippen MR) is 77.2 cm³/mol. The second-order valence-corrected chi connectivity index (χ2v) is 5.10. The zero-order valence-corrected chi connectivity index (χ0v) is 12.7. The van der Waals surface area contributed by atoms with Gasteiger partial charge in [0.25, 0.3) is 0 Å². The average Bonchev–Trinajstić information content (AvgIpc) is 2.45. The van der Waals surface area contributed by atoms with E-state index in [0.717, 1.165) is 11.1 Å². The quantitative estimate of drug-likeness (QED) is 0.905. The molecule has 2 rings (SSSR count). The van der Waals surface area contributed by atoms with Gasteiger partial charge in [-0.05, 0) is 31.9 Å². The second kappa shape index (κ2) is 6.37. The molecule has 0 aliphatic carbocycles. The Bertz CT molecular complexity index is 509. The van der Waals surface area contributed by atoms with Crippen molar-refractivity contribution >= 4 is 23.3 Å². The molecule has 1 aromatic heterocycles. The number of nitrogens with one attached hydrogen (secondary N) is 1. The van der Waals surface area contributed by atoms with Crippen LogP contribution in [0.2, 0.25) is 5.15 Å². The fourth-order valence-electron chi connectivity index (χ4n) is 2.20. The van der Waals surface area contributed by atoms with Crippen LogP contribution < -0.4 is 10.2 Å². The molecular weight excluding hydrogens is 280 g/mol. The van der Waals surface area contributed by atoms with Gasteiger partial charge < -0.3 is 15.0 Å². The monoisotopic (exact) mass is 298 g/mol. The molecule has 1 atom stereocenters. The predicted octanol–water partition coefficient (Wildman–Crippen LogP) is 1.09. The van der Waals surface area contributed by atoms with Crippen molar-refractivity contribution in [2.75, 3.05) is 31.2 Å². The fraction of sp³-hybridized carbons (Fsp3) is 0.615. The van der Waals surface area contributed by atoms with Crippen LogP contribution in [0, 0.1) is 13.8 Å². The van der Waals surface area contributed by atoms with Gasteiger partial charge in [0.15, 0.2) is 11.0 Å². The average molecular weight is 299 g/mol. The molecule has 7 heteroatoms. The van der Waals surface area contributed by atoms with Gasteiger partial charge >= 0.3 is 0 Å². The van der Waals surface area contributed by atoms with Crippen molar-refractivity contribution in [1.29, 1.82) is 0 Å². The molecule has 1 aliphatic rings. The molecule has 1 saturated heterocycles. The summed E-state index contributed by atoms with van der Waals surface area (Å²) in [4.78, 5) is 14.1. The number of hydrogen-bond acceptors (Lipinski definition) is 5. The Morgan fingerprint density at radius 2 is 2.20 bits per heavy atom. The first-order valence-electron chi connectivity index (χ1n) is 6.67. The zero-order chi connectivity index (χ0) is 14.7.